The number of aromatic amines is 2. The number of hydrogen-bond acceptors (Lipinski definition) is 6. The number of H-pyrrole nitrogens is 2. The number of nitrogens with zero attached hydrogens (tertiary/aromatic N) is 4. The molecule has 2 saturated heterocycles. The SMILES string of the molecule is C[C@H]1CCC(c2ncc(-c3ccc(-c4ccc(-c5cnc(C6CCCN6C(=O)CNC(=O)O)[nH]5)cc4)cc3)[nH]2)N1C(=O)CNC(=O)O. The van der Waals surface area contributed by atoms with Gasteiger partial charge in [-0.2, -0.15) is 0 Å². The number of aromatic nitrogens is 4. The molecule has 6 rings (SSSR count). The van der Waals surface area contributed by atoms with E-state index in [-0.39, 0.29) is 43.0 Å². The molecule has 2 aliphatic heterocycles. The molecule has 0 spiro atoms. The zero-order chi connectivity index (χ0) is 33.1. The fraction of sp³-hybridized carbons (Fsp3) is 0.333. The Morgan fingerprint density at radius 1 is 0.723 bits per heavy atom. The van der Waals surface area contributed by atoms with Crippen LogP contribution in [0.15, 0.2) is 60.9 Å². The number of rotatable bonds is 9. The van der Waals surface area contributed by atoms with Crippen LogP contribution in [0.5, 0.6) is 0 Å². The van der Waals surface area contributed by atoms with E-state index in [9.17, 15) is 19.2 Å². The van der Waals surface area contributed by atoms with Crippen molar-refractivity contribution in [3.05, 3.63) is 72.6 Å². The second kappa shape index (κ2) is 13.4. The first kappa shape index (κ1) is 31.3. The first-order valence-corrected chi connectivity index (χ1v) is 15.5. The van der Waals surface area contributed by atoms with Crippen molar-refractivity contribution >= 4 is 24.0 Å². The lowest BCUT2D eigenvalue weighted by Gasteiger charge is -2.27. The van der Waals surface area contributed by atoms with Crippen molar-refractivity contribution in [2.24, 2.45) is 0 Å². The maximum absolute atomic E-state index is 12.7. The van der Waals surface area contributed by atoms with Crippen LogP contribution < -0.4 is 10.6 Å². The largest absolute Gasteiger partial charge is 0.465 e. The molecular weight excluding hydrogens is 604 g/mol. The standard InChI is InChI=1S/C33H36N8O6/c1-19-4-13-27(41(19)29(43)18-37-33(46)47)31-35-16-25(39-31)23-11-7-21(8-12-23)20-5-9-22(10-6-20)24-15-34-30(38-24)26-3-2-14-40(26)28(42)17-36-32(44)45/h5-12,15-16,19,26-27,36-37H,2-4,13-14,17-18H2,1H3,(H,34,38)(H,35,39)(H,44,45)(H,46,47)/t19-,26?,27?/m0/s1. The summed E-state index contributed by atoms with van der Waals surface area (Å²) in [5.41, 5.74) is 5.62. The van der Waals surface area contributed by atoms with Crippen LogP contribution in [-0.4, -0.2) is 89.6 Å². The highest BCUT2D eigenvalue weighted by molar-refractivity contribution is 5.83. The average Bonchev–Trinajstić information content (AvgIpc) is 3.89. The van der Waals surface area contributed by atoms with Gasteiger partial charge < -0.3 is 40.6 Å². The highest BCUT2D eigenvalue weighted by Crippen LogP contribution is 2.36. The smallest absolute Gasteiger partial charge is 0.405 e. The van der Waals surface area contributed by atoms with E-state index in [0.717, 1.165) is 59.3 Å². The first-order valence-electron chi connectivity index (χ1n) is 15.5. The maximum atomic E-state index is 12.7. The van der Waals surface area contributed by atoms with Gasteiger partial charge in [-0.1, -0.05) is 48.5 Å². The molecule has 14 nitrogen and oxygen atoms in total. The van der Waals surface area contributed by atoms with Gasteiger partial charge in [-0.05, 0) is 54.9 Å². The van der Waals surface area contributed by atoms with Gasteiger partial charge in [-0.25, -0.2) is 19.6 Å². The van der Waals surface area contributed by atoms with Crippen molar-refractivity contribution < 1.29 is 29.4 Å². The van der Waals surface area contributed by atoms with Gasteiger partial charge in [-0.15, -0.1) is 0 Å². The van der Waals surface area contributed by atoms with Gasteiger partial charge in [0, 0.05) is 12.6 Å². The zero-order valence-electron chi connectivity index (χ0n) is 25.8. The van der Waals surface area contributed by atoms with Crippen LogP contribution in [0.25, 0.3) is 33.6 Å². The van der Waals surface area contributed by atoms with Gasteiger partial charge >= 0.3 is 12.2 Å². The summed E-state index contributed by atoms with van der Waals surface area (Å²) in [6, 6.07) is 15.7. The minimum absolute atomic E-state index is 0.0133. The van der Waals surface area contributed by atoms with Crippen molar-refractivity contribution in [1.29, 1.82) is 0 Å². The lowest BCUT2D eigenvalue weighted by Crippen LogP contribution is -2.42. The minimum Gasteiger partial charge on any atom is -0.465 e. The summed E-state index contributed by atoms with van der Waals surface area (Å²) in [5, 5.41) is 22.0. The number of imidazole rings is 2. The second-order valence-corrected chi connectivity index (χ2v) is 11.8. The monoisotopic (exact) mass is 640 g/mol. The predicted molar refractivity (Wildman–Crippen MR) is 171 cm³/mol. The molecule has 4 aromatic rings. The third-order valence-corrected chi connectivity index (χ3v) is 8.86. The van der Waals surface area contributed by atoms with Crippen molar-refractivity contribution in [2.75, 3.05) is 19.6 Å². The summed E-state index contributed by atoms with van der Waals surface area (Å²) in [6.07, 6.45) is 4.18. The fourth-order valence-electron chi connectivity index (χ4n) is 6.51. The third-order valence-electron chi connectivity index (χ3n) is 8.86. The highest BCUT2D eigenvalue weighted by Gasteiger charge is 2.37. The van der Waals surface area contributed by atoms with Crippen LogP contribution in [0.3, 0.4) is 0 Å². The summed E-state index contributed by atoms with van der Waals surface area (Å²) >= 11 is 0. The molecule has 6 N–H and O–H groups in total. The van der Waals surface area contributed by atoms with Crippen molar-refractivity contribution in [2.45, 2.75) is 50.7 Å². The maximum Gasteiger partial charge on any atom is 0.405 e. The molecular formula is C33H36N8O6. The Morgan fingerprint density at radius 3 is 1.74 bits per heavy atom. The summed E-state index contributed by atoms with van der Waals surface area (Å²) < 4.78 is 0. The number of benzene rings is 2. The molecule has 2 fully saturated rings. The fourth-order valence-corrected chi connectivity index (χ4v) is 6.51. The highest BCUT2D eigenvalue weighted by atomic mass is 16.4. The van der Waals surface area contributed by atoms with E-state index in [0.29, 0.717) is 18.2 Å². The summed E-state index contributed by atoms with van der Waals surface area (Å²) in [6.45, 7) is 1.98. The van der Waals surface area contributed by atoms with Crippen LogP contribution >= 0.6 is 0 Å². The van der Waals surface area contributed by atoms with Gasteiger partial charge in [0.1, 0.15) is 24.7 Å². The summed E-state index contributed by atoms with van der Waals surface area (Å²) in [5.74, 6) is 0.811. The Kier molecular flexibility index (Phi) is 8.91. The van der Waals surface area contributed by atoms with Gasteiger partial charge in [0.05, 0.1) is 35.9 Å². The van der Waals surface area contributed by atoms with Crippen LogP contribution in [0, 0.1) is 0 Å². The first-order chi connectivity index (χ1) is 22.7. The van der Waals surface area contributed by atoms with E-state index in [1.165, 1.54) is 0 Å². The van der Waals surface area contributed by atoms with Gasteiger partial charge in [0.15, 0.2) is 0 Å². The van der Waals surface area contributed by atoms with Crippen LogP contribution in [0.1, 0.15) is 56.3 Å². The quantitative estimate of drug-likeness (QED) is 0.155. The lowest BCUT2D eigenvalue weighted by molar-refractivity contribution is -0.133. The number of hydrogen-bond donors (Lipinski definition) is 6. The molecule has 47 heavy (non-hydrogen) atoms. The molecule has 0 bridgehead atoms. The number of nitrogens with one attached hydrogen (secondary N) is 4. The number of amides is 4. The van der Waals surface area contributed by atoms with Gasteiger partial charge in [-0.3, -0.25) is 9.59 Å². The molecule has 4 amide bonds. The molecule has 2 aromatic carbocycles. The molecule has 0 aliphatic carbocycles. The Bertz CT molecular complexity index is 1770. The molecule has 0 radical (unpaired) electrons. The Hall–Kier alpha value is -5.66. The van der Waals surface area contributed by atoms with E-state index >= 15 is 0 Å². The summed E-state index contributed by atoms with van der Waals surface area (Å²) in [7, 11) is 0. The molecule has 2 aliphatic rings. The average molecular weight is 641 g/mol. The minimum atomic E-state index is -1.23. The second-order valence-electron chi connectivity index (χ2n) is 11.8. The summed E-state index contributed by atoms with van der Waals surface area (Å²) in [4.78, 5) is 66.2. The number of likely N-dealkylation sites (tertiary alicyclic amines) is 2. The Balaban J connectivity index is 1.10. The topological polar surface area (TPSA) is 197 Å². The lowest BCUT2D eigenvalue weighted by atomic mass is 10.0. The molecule has 0 saturated carbocycles. The molecule has 14 heteroatoms. The molecule has 4 heterocycles. The zero-order valence-corrected chi connectivity index (χ0v) is 25.8. The van der Waals surface area contributed by atoms with Gasteiger partial charge in [0.25, 0.3) is 0 Å². The Labute approximate surface area is 270 Å². The van der Waals surface area contributed by atoms with E-state index in [2.05, 4.69) is 30.6 Å². The van der Waals surface area contributed by atoms with Crippen molar-refractivity contribution in [3.8, 4) is 33.6 Å². The predicted octanol–water partition coefficient (Wildman–Crippen LogP) is 4.38. The van der Waals surface area contributed by atoms with E-state index in [1.54, 1.807) is 22.2 Å². The molecule has 2 aromatic heterocycles. The molecule has 3 atom stereocenters. The van der Waals surface area contributed by atoms with E-state index in [1.807, 2.05) is 55.5 Å². The number of carbonyl (C=O) groups excluding carboxylic acids is 2. The molecule has 2 unspecified atom stereocenters. The third kappa shape index (κ3) is 6.81. The van der Waals surface area contributed by atoms with E-state index < -0.39 is 12.2 Å². The van der Waals surface area contributed by atoms with Crippen LogP contribution in [0.2, 0.25) is 0 Å². The Morgan fingerprint density at radius 2 is 1.21 bits per heavy atom. The van der Waals surface area contributed by atoms with Crippen LogP contribution in [0.4, 0.5) is 9.59 Å². The van der Waals surface area contributed by atoms with E-state index in [4.69, 9.17) is 10.2 Å². The number of carbonyl (C=O) groups is 4. The van der Waals surface area contributed by atoms with Crippen LogP contribution in [-0.2, 0) is 9.59 Å². The number of carboxylic acid groups (broad SMARTS) is 2. The normalized spacial score (nSPS) is 19.1. The van der Waals surface area contributed by atoms with Crippen molar-refractivity contribution in [1.82, 2.24) is 40.4 Å². The molecule has 244 valence electrons. The van der Waals surface area contributed by atoms with Gasteiger partial charge in [0.2, 0.25) is 11.8 Å². The van der Waals surface area contributed by atoms with Crippen molar-refractivity contribution in [3.63, 3.8) is 0 Å².